The van der Waals surface area contributed by atoms with E-state index in [0.29, 0.717) is 13.0 Å². The zero-order valence-electron chi connectivity index (χ0n) is 16.3. The third-order valence-electron chi connectivity index (χ3n) is 4.18. The van der Waals surface area contributed by atoms with Crippen molar-refractivity contribution in [3.8, 4) is 0 Å². The molecule has 0 aromatic rings. The molecule has 0 radical (unpaired) electrons. The molecule has 0 aromatic carbocycles. The summed E-state index contributed by atoms with van der Waals surface area (Å²) in [6.07, 6.45) is 20.8. The standard InChI is InChI=1S/C20H40O4S/c1-3-4-5-6-7-8-9-10-11-12-13-14-15-16-18-23-19-17-20-24-25(2,21)22/h3H,1,4-20H2,2H3. The number of rotatable bonds is 20. The number of ether oxygens (including phenoxy) is 1. The summed E-state index contributed by atoms with van der Waals surface area (Å²) in [4.78, 5) is 0. The van der Waals surface area contributed by atoms with Crippen LogP contribution in [0.4, 0.5) is 0 Å². The van der Waals surface area contributed by atoms with Gasteiger partial charge in [0.15, 0.2) is 0 Å². The van der Waals surface area contributed by atoms with Gasteiger partial charge in [0.2, 0.25) is 0 Å². The quantitative estimate of drug-likeness (QED) is 0.157. The van der Waals surface area contributed by atoms with E-state index < -0.39 is 10.1 Å². The molecule has 0 rings (SSSR count). The molecule has 0 spiro atoms. The molecule has 0 saturated heterocycles. The van der Waals surface area contributed by atoms with Gasteiger partial charge in [-0.15, -0.1) is 6.58 Å². The molecular weight excluding hydrogens is 336 g/mol. The topological polar surface area (TPSA) is 52.6 Å². The highest BCUT2D eigenvalue weighted by Crippen LogP contribution is 2.12. The van der Waals surface area contributed by atoms with Crippen LogP contribution in [0.5, 0.6) is 0 Å². The molecule has 0 aliphatic heterocycles. The summed E-state index contributed by atoms with van der Waals surface area (Å²) >= 11 is 0. The first kappa shape index (κ1) is 24.6. The van der Waals surface area contributed by atoms with Crippen molar-refractivity contribution in [2.24, 2.45) is 0 Å². The average molecular weight is 377 g/mol. The summed E-state index contributed by atoms with van der Waals surface area (Å²) < 4.78 is 31.6. The predicted octanol–water partition coefficient (Wildman–Crippen LogP) is 5.63. The Bertz CT molecular complexity index is 379. The van der Waals surface area contributed by atoms with Gasteiger partial charge < -0.3 is 4.74 Å². The Hall–Kier alpha value is -0.390. The monoisotopic (exact) mass is 376 g/mol. The van der Waals surface area contributed by atoms with Gasteiger partial charge in [0, 0.05) is 13.2 Å². The van der Waals surface area contributed by atoms with Crippen LogP contribution in [0.1, 0.15) is 89.9 Å². The van der Waals surface area contributed by atoms with Crippen LogP contribution < -0.4 is 0 Å². The van der Waals surface area contributed by atoms with Gasteiger partial charge in [0.05, 0.1) is 12.9 Å². The lowest BCUT2D eigenvalue weighted by atomic mass is 10.0. The lowest BCUT2D eigenvalue weighted by Gasteiger charge is -2.05. The van der Waals surface area contributed by atoms with E-state index in [1.807, 2.05) is 6.08 Å². The number of hydrogen-bond donors (Lipinski definition) is 0. The van der Waals surface area contributed by atoms with Crippen LogP contribution in [0.3, 0.4) is 0 Å². The molecule has 150 valence electrons. The minimum atomic E-state index is -3.31. The maximum absolute atomic E-state index is 10.7. The minimum Gasteiger partial charge on any atom is -0.381 e. The molecule has 0 atom stereocenters. The van der Waals surface area contributed by atoms with E-state index in [1.165, 1.54) is 77.0 Å². The van der Waals surface area contributed by atoms with Gasteiger partial charge in [0.1, 0.15) is 0 Å². The first-order valence-corrected chi connectivity index (χ1v) is 11.9. The van der Waals surface area contributed by atoms with Crippen LogP contribution in [0, 0.1) is 0 Å². The van der Waals surface area contributed by atoms with Gasteiger partial charge in [-0.25, -0.2) is 0 Å². The lowest BCUT2D eigenvalue weighted by molar-refractivity contribution is 0.116. The minimum absolute atomic E-state index is 0.216. The normalized spacial score (nSPS) is 11.7. The van der Waals surface area contributed by atoms with Crippen molar-refractivity contribution in [3.63, 3.8) is 0 Å². The fourth-order valence-electron chi connectivity index (χ4n) is 2.73. The van der Waals surface area contributed by atoms with E-state index >= 15 is 0 Å². The average Bonchev–Trinajstić information content (AvgIpc) is 2.56. The van der Waals surface area contributed by atoms with E-state index in [-0.39, 0.29) is 6.61 Å². The Morgan fingerprint density at radius 3 is 1.60 bits per heavy atom. The molecule has 5 heteroatoms. The van der Waals surface area contributed by atoms with Crippen molar-refractivity contribution >= 4 is 10.1 Å². The van der Waals surface area contributed by atoms with Crippen molar-refractivity contribution in [1.82, 2.24) is 0 Å². The summed E-state index contributed by atoms with van der Waals surface area (Å²) in [6.45, 7) is 5.31. The zero-order chi connectivity index (χ0) is 18.6. The fraction of sp³-hybridized carbons (Fsp3) is 0.900. The van der Waals surface area contributed by atoms with Crippen molar-refractivity contribution in [2.75, 3.05) is 26.1 Å². The summed E-state index contributed by atoms with van der Waals surface area (Å²) in [6, 6.07) is 0. The summed E-state index contributed by atoms with van der Waals surface area (Å²) in [5.41, 5.74) is 0. The highest BCUT2D eigenvalue weighted by atomic mass is 32.2. The van der Waals surface area contributed by atoms with Gasteiger partial charge in [-0.2, -0.15) is 8.42 Å². The second-order valence-electron chi connectivity index (χ2n) is 6.81. The van der Waals surface area contributed by atoms with E-state index in [1.54, 1.807) is 0 Å². The Morgan fingerprint density at radius 1 is 0.680 bits per heavy atom. The Labute approximate surface area is 156 Å². The highest BCUT2D eigenvalue weighted by molar-refractivity contribution is 7.85. The van der Waals surface area contributed by atoms with Crippen LogP contribution in [-0.4, -0.2) is 34.5 Å². The van der Waals surface area contributed by atoms with E-state index in [4.69, 9.17) is 4.74 Å². The Morgan fingerprint density at radius 2 is 1.12 bits per heavy atom. The third kappa shape index (κ3) is 23.6. The Balaban J connectivity index is 3.04. The summed E-state index contributed by atoms with van der Waals surface area (Å²) in [7, 11) is -3.31. The van der Waals surface area contributed by atoms with Gasteiger partial charge >= 0.3 is 0 Å². The summed E-state index contributed by atoms with van der Waals surface area (Å²) in [5.74, 6) is 0. The van der Waals surface area contributed by atoms with Gasteiger partial charge in [-0.05, 0) is 25.7 Å². The van der Waals surface area contributed by atoms with Crippen LogP contribution in [0.15, 0.2) is 12.7 Å². The second kappa shape index (κ2) is 18.4. The fourth-order valence-corrected chi connectivity index (χ4v) is 3.15. The first-order chi connectivity index (χ1) is 12.1. The maximum atomic E-state index is 10.7. The van der Waals surface area contributed by atoms with Crippen molar-refractivity contribution < 1.29 is 17.3 Å². The van der Waals surface area contributed by atoms with Crippen LogP contribution in [-0.2, 0) is 19.0 Å². The van der Waals surface area contributed by atoms with Crippen molar-refractivity contribution in [1.29, 1.82) is 0 Å². The van der Waals surface area contributed by atoms with Crippen LogP contribution in [0.2, 0.25) is 0 Å². The zero-order valence-corrected chi connectivity index (χ0v) is 17.2. The third-order valence-corrected chi connectivity index (χ3v) is 4.77. The van der Waals surface area contributed by atoms with Crippen molar-refractivity contribution in [3.05, 3.63) is 12.7 Å². The van der Waals surface area contributed by atoms with Gasteiger partial charge in [0.25, 0.3) is 10.1 Å². The SMILES string of the molecule is C=CCCCCCCCCCCCCCCOCCCOS(C)(=O)=O. The lowest BCUT2D eigenvalue weighted by Crippen LogP contribution is -2.07. The number of allylic oxidation sites excluding steroid dienone is 1. The molecule has 25 heavy (non-hydrogen) atoms. The van der Waals surface area contributed by atoms with Gasteiger partial charge in [-0.1, -0.05) is 70.3 Å². The molecule has 4 nitrogen and oxygen atoms in total. The molecular formula is C20H40O4S. The van der Waals surface area contributed by atoms with E-state index in [9.17, 15) is 8.42 Å². The molecule has 0 bridgehead atoms. The molecule has 0 aliphatic rings. The van der Waals surface area contributed by atoms with E-state index in [2.05, 4.69) is 10.8 Å². The van der Waals surface area contributed by atoms with Gasteiger partial charge in [-0.3, -0.25) is 4.18 Å². The molecule has 0 unspecified atom stereocenters. The molecule has 0 saturated carbocycles. The molecule has 0 aliphatic carbocycles. The van der Waals surface area contributed by atoms with Crippen LogP contribution in [0.25, 0.3) is 0 Å². The largest absolute Gasteiger partial charge is 0.381 e. The van der Waals surface area contributed by atoms with E-state index in [0.717, 1.165) is 19.3 Å². The molecule has 0 aromatic heterocycles. The molecule has 0 heterocycles. The van der Waals surface area contributed by atoms with Crippen molar-refractivity contribution in [2.45, 2.75) is 89.9 Å². The predicted molar refractivity (Wildman–Crippen MR) is 106 cm³/mol. The number of hydrogen-bond acceptors (Lipinski definition) is 4. The molecule has 0 N–H and O–H groups in total. The number of unbranched alkanes of at least 4 members (excludes halogenated alkanes) is 12. The maximum Gasteiger partial charge on any atom is 0.264 e. The smallest absolute Gasteiger partial charge is 0.264 e. The highest BCUT2D eigenvalue weighted by Gasteiger charge is 2.00. The summed E-state index contributed by atoms with van der Waals surface area (Å²) in [5, 5.41) is 0. The first-order valence-electron chi connectivity index (χ1n) is 10.1. The molecule has 0 fully saturated rings. The second-order valence-corrected chi connectivity index (χ2v) is 8.46. The Kier molecular flexibility index (Phi) is 18.1. The van der Waals surface area contributed by atoms with Crippen LogP contribution >= 0.6 is 0 Å². The molecule has 0 amide bonds.